The van der Waals surface area contributed by atoms with Gasteiger partial charge in [0.25, 0.3) is 0 Å². The van der Waals surface area contributed by atoms with Crippen LogP contribution >= 0.6 is 0 Å². The van der Waals surface area contributed by atoms with E-state index in [1.165, 1.54) is 0 Å². The third kappa shape index (κ3) is 1.73. The van der Waals surface area contributed by atoms with Gasteiger partial charge in [-0.1, -0.05) is 18.2 Å². The number of fused-ring (bicyclic) bond motifs is 1. The SMILES string of the molecule is O=C1Cc2ccccc2N1Nc1ccncc1. The van der Waals surface area contributed by atoms with E-state index in [4.69, 9.17) is 0 Å². The Bertz CT molecular complexity index is 554. The number of carbonyl (C=O) groups excluding carboxylic acids is 1. The highest BCUT2D eigenvalue weighted by molar-refractivity contribution is 6.02. The molecule has 84 valence electrons. The molecule has 0 atom stereocenters. The molecule has 0 bridgehead atoms. The van der Waals surface area contributed by atoms with Crippen molar-refractivity contribution in [2.45, 2.75) is 6.42 Å². The topological polar surface area (TPSA) is 45.2 Å². The number of carbonyl (C=O) groups is 1. The molecule has 17 heavy (non-hydrogen) atoms. The van der Waals surface area contributed by atoms with E-state index in [9.17, 15) is 4.79 Å². The number of hydrogen-bond acceptors (Lipinski definition) is 3. The average Bonchev–Trinajstić information content (AvgIpc) is 2.68. The summed E-state index contributed by atoms with van der Waals surface area (Å²) in [6, 6.07) is 11.4. The van der Waals surface area contributed by atoms with Crippen LogP contribution < -0.4 is 10.4 Å². The summed E-state index contributed by atoms with van der Waals surface area (Å²) in [5.74, 6) is 0.0583. The molecule has 0 spiro atoms. The van der Waals surface area contributed by atoms with Crippen molar-refractivity contribution in [2.75, 3.05) is 10.4 Å². The summed E-state index contributed by atoms with van der Waals surface area (Å²) in [6.07, 6.45) is 3.83. The van der Waals surface area contributed by atoms with Gasteiger partial charge >= 0.3 is 0 Å². The van der Waals surface area contributed by atoms with Gasteiger partial charge in [0.2, 0.25) is 5.91 Å². The molecule has 1 N–H and O–H groups in total. The van der Waals surface area contributed by atoms with Gasteiger partial charge in [0.15, 0.2) is 0 Å². The summed E-state index contributed by atoms with van der Waals surface area (Å²) in [5.41, 5.74) is 5.92. The number of nitrogens with zero attached hydrogens (tertiary/aromatic N) is 2. The molecule has 4 heteroatoms. The normalized spacial score (nSPS) is 13.6. The second-order valence-electron chi connectivity index (χ2n) is 3.88. The number of anilines is 2. The van der Waals surface area contributed by atoms with E-state index in [0.717, 1.165) is 16.9 Å². The number of pyridine rings is 1. The van der Waals surface area contributed by atoms with Crippen LogP contribution in [0.15, 0.2) is 48.8 Å². The Kier molecular flexibility index (Phi) is 2.26. The van der Waals surface area contributed by atoms with Gasteiger partial charge < -0.3 is 0 Å². The summed E-state index contributed by atoms with van der Waals surface area (Å²) < 4.78 is 0. The number of nitrogens with one attached hydrogen (secondary N) is 1. The number of amides is 1. The van der Waals surface area contributed by atoms with E-state index < -0.39 is 0 Å². The lowest BCUT2D eigenvalue weighted by Gasteiger charge is -2.19. The minimum absolute atomic E-state index is 0.0583. The molecule has 2 aromatic rings. The van der Waals surface area contributed by atoms with Crippen molar-refractivity contribution < 1.29 is 4.79 Å². The smallest absolute Gasteiger partial charge is 0.250 e. The summed E-state index contributed by atoms with van der Waals surface area (Å²) in [7, 11) is 0. The highest BCUT2D eigenvalue weighted by atomic mass is 16.2. The summed E-state index contributed by atoms with van der Waals surface area (Å²) in [6.45, 7) is 0. The molecule has 0 radical (unpaired) electrons. The number of benzene rings is 1. The number of rotatable bonds is 2. The van der Waals surface area contributed by atoms with Crippen LogP contribution in [0.2, 0.25) is 0 Å². The monoisotopic (exact) mass is 225 g/mol. The molecular weight excluding hydrogens is 214 g/mol. The largest absolute Gasteiger partial charge is 0.291 e. The summed E-state index contributed by atoms with van der Waals surface area (Å²) in [5, 5.41) is 1.59. The number of para-hydroxylation sites is 1. The van der Waals surface area contributed by atoms with Crippen molar-refractivity contribution in [2.24, 2.45) is 0 Å². The zero-order valence-electron chi connectivity index (χ0n) is 9.13. The molecule has 0 saturated carbocycles. The Morgan fingerprint density at radius 3 is 2.71 bits per heavy atom. The quantitative estimate of drug-likeness (QED) is 0.850. The molecule has 1 aliphatic heterocycles. The van der Waals surface area contributed by atoms with Crippen LogP contribution in [0, 0.1) is 0 Å². The third-order valence-corrected chi connectivity index (χ3v) is 2.74. The summed E-state index contributed by atoms with van der Waals surface area (Å²) in [4.78, 5) is 15.8. The van der Waals surface area contributed by atoms with Crippen molar-refractivity contribution in [3.63, 3.8) is 0 Å². The summed E-state index contributed by atoms with van der Waals surface area (Å²) >= 11 is 0. The van der Waals surface area contributed by atoms with Gasteiger partial charge in [-0.05, 0) is 23.8 Å². The standard InChI is InChI=1S/C13H11N3O/c17-13-9-10-3-1-2-4-12(10)16(13)15-11-5-7-14-8-6-11/h1-8H,9H2,(H,14,15). The minimum atomic E-state index is 0.0583. The van der Waals surface area contributed by atoms with Crippen LogP contribution in [-0.2, 0) is 11.2 Å². The Morgan fingerprint density at radius 2 is 1.88 bits per heavy atom. The molecule has 0 fully saturated rings. The predicted octanol–water partition coefficient (Wildman–Crippen LogP) is 2.00. The number of hydrazine groups is 1. The minimum Gasteiger partial charge on any atom is -0.291 e. The van der Waals surface area contributed by atoms with E-state index in [-0.39, 0.29) is 5.91 Å². The maximum absolute atomic E-state index is 11.9. The zero-order valence-corrected chi connectivity index (χ0v) is 9.13. The molecule has 1 aromatic carbocycles. The number of hydrogen-bond donors (Lipinski definition) is 1. The molecule has 1 aliphatic rings. The fourth-order valence-corrected chi connectivity index (χ4v) is 1.93. The highest BCUT2D eigenvalue weighted by Crippen LogP contribution is 2.28. The van der Waals surface area contributed by atoms with Crippen LogP contribution in [0.25, 0.3) is 0 Å². The van der Waals surface area contributed by atoms with Crippen LogP contribution in [0.5, 0.6) is 0 Å². The van der Waals surface area contributed by atoms with Crippen LogP contribution in [-0.4, -0.2) is 10.9 Å². The first kappa shape index (κ1) is 9.84. The van der Waals surface area contributed by atoms with E-state index >= 15 is 0 Å². The van der Waals surface area contributed by atoms with Crippen molar-refractivity contribution >= 4 is 17.3 Å². The average molecular weight is 225 g/mol. The van der Waals surface area contributed by atoms with Gasteiger partial charge in [-0.25, -0.2) is 5.01 Å². The Balaban J connectivity index is 1.92. The maximum Gasteiger partial charge on any atom is 0.250 e. The fraction of sp³-hybridized carbons (Fsp3) is 0.0769. The first-order valence-electron chi connectivity index (χ1n) is 5.42. The first-order valence-corrected chi connectivity index (χ1v) is 5.42. The molecule has 2 heterocycles. The van der Waals surface area contributed by atoms with Crippen molar-refractivity contribution in [3.8, 4) is 0 Å². The molecular formula is C13H11N3O. The van der Waals surface area contributed by atoms with Gasteiger partial charge in [0.1, 0.15) is 0 Å². The Labute approximate surface area is 98.9 Å². The molecule has 3 rings (SSSR count). The third-order valence-electron chi connectivity index (χ3n) is 2.74. The van der Waals surface area contributed by atoms with Crippen LogP contribution in [0.1, 0.15) is 5.56 Å². The van der Waals surface area contributed by atoms with Crippen LogP contribution in [0.4, 0.5) is 11.4 Å². The van der Waals surface area contributed by atoms with E-state index in [1.54, 1.807) is 17.4 Å². The second kappa shape index (κ2) is 3.90. The Hall–Kier alpha value is -2.36. The number of aromatic nitrogens is 1. The highest BCUT2D eigenvalue weighted by Gasteiger charge is 2.26. The molecule has 1 aromatic heterocycles. The lowest BCUT2D eigenvalue weighted by Crippen LogP contribution is -2.32. The zero-order chi connectivity index (χ0) is 11.7. The van der Waals surface area contributed by atoms with Crippen LogP contribution in [0.3, 0.4) is 0 Å². The van der Waals surface area contributed by atoms with E-state index in [2.05, 4.69) is 10.4 Å². The molecule has 0 unspecified atom stereocenters. The van der Waals surface area contributed by atoms with Gasteiger partial charge in [-0.3, -0.25) is 15.2 Å². The Morgan fingerprint density at radius 1 is 1.12 bits per heavy atom. The first-order chi connectivity index (χ1) is 8.34. The van der Waals surface area contributed by atoms with Gasteiger partial charge in [0.05, 0.1) is 17.8 Å². The van der Waals surface area contributed by atoms with Gasteiger partial charge in [-0.2, -0.15) is 0 Å². The lowest BCUT2D eigenvalue weighted by atomic mass is 10.2. The van der Waals surface area contributed by atoms with Crippen molar-refractivity contribution in [1.82, 2.24) is 4.98 Å². The van der Waals surface area contributed by atoms with Gasteiger partial charge in [-0.15, -0.1) is 0 Å². The molecule has 0 aliphatic carbocycles. The van der Waals surface area contributed by atoms with Gasteiger partial charge in [0, 0.05) is 12.4 Å². The van der Waals surface area contributed by atoms with E-state index in [1.807, 2.05) is 36.4 Å². The molecule has 1 amide bonds. The maximum atomic E-state index is 11.9. The second-order valence-corrected chi connectivity index (χ2v) is 3.88. The van der Waals surface area contributed by atoms with Crippen molar-refractivity contribution in [1.29, 1.82) is 0 Å². The van der Waals surface area contributed by atoms with Crippen molar-refractivity contribution in [3.05, 3.63) is 54.4 Å². The molecule has 4 nitrogen and oxygen atoms in total. The lowest BCUT2D eigenvalue weighted by molar-refractivity contribution is -0.117. The molecule has 0 saturated heterocycles. The van der Waals surface area contributed by atoms with E-state index in [0.29, 0.717) is 6.42 Å². The fourth-order valence-electron chi connectivity index (χ4n) is 1.93. The predicted molar refractivity (Wildman–Crippen MR) is 65.5 cm³/mol.